The number of hydrogen-bond donors (Lipinski definition) is 1. The number of nitrogens with zero attached hydrogens (tertiary/aromatic N) is 6. The lowest BCUT2D eigenvalue weighted by molar-refractivity contribution is 0.253. The molecule has 8 nitrogen and oxygen atoms in total. The number of aromatic nitrogens is 4. The number of fused-ring (bicyclic) bond motifs is 4. The molecule has 1 N–H and O–H groups in total. The van der Waals surface area contributed by atoms with E-state index in [-0.39, 0.29) is 0 Å². The minimum atomic E-state index is 0.723. The Bertz CT molecular complexity index is 1320. The number of rotatable bonds is 6. The molecule has 4 aromatic rings. The molecule has 1 aromatic carbocycles. The third kappa shape index (κ3) is 3.90. The van der Waals surface area contributed by atoms with Crippen molar-refractivity contribution in [3.8, 4) is 16.6 Å². The Morgan fingerprint density at radius 3 is 2.85 bits per heavy atom. The monoisotopic (exact) mass is 459 g/mol. The summed E-state index contributed by atoms with van der Waals surface area (Å²) in [5.41, 5.74) is 6.13. The van der Waals surface area contributed by atoms with Gasteiger partial charge in [-0.3, -0.25) is 4.90 Å². The van der Waals surface area contributed by atoms with Crippen LogP contribution < -0.4 is 4.90 Å². The Morgan fingerprint density at radius 1 is 1.09 bits per heavy atom. The standard InChI is InChI=1S/C24H25N7OS/c25-14-16-4-5-19-18(13-16)17(15-26-19)3-1-2-8-30-9-11-31(12-10-30)24-27-21-7-6-20-22(23(21)33-24)29-32-28-20/h4-5,13,15,26H,1-3,6-12H2. The summed E-state index contributed by atoms with van der Waals surface area (Å²) in [4.78, 5) is 14.3. The first kappa shape index (κ1) is 20.4. The van der Waals surface area contributed by atoms with Gasteiger partial charge in [-0.15, -0.1) is 0 Å². The number of nitriles is 1. The summed E-state index contributed by atoms with van der Waals surface area (Å²) in [5.74, 6) is 0. The van der Waals surface area contributed by atoms with Crippen LogP contribution in [0.4, 0.5) is 5.13 Å². The highest BCUT2D eigenvalue weighted by atomic mass is 32.1. The smallest absolute Gasteiger partial charge is 0.186 e. The molecule has 1 saturated heterocycles. The number of aromatic amines is 1. The highest BCUT2D eigenvalue weighted by Crippen LogP contribution is 2.39. The number of nitrogens with one attached hydrogen (secondary N) is 1. The summed E-state index contributed by atoms with van der Waals surface area (Å²) >= 11 is 1.72. The zero-order chi connectivity index (χ0) is 22.2. The van der Waals surface area contributed by atoms with Crippen molar-refractivity contribution in [1.29, 1.82) is 5.26 Å². The van der Waals surface area contributed by atoms with Crippen LogP contribution in [0, 0.1) is 11.3 Å². The number of hydrogen-bond acceptors (Lipinski definition) is 8. The van der Waals surface area contributed by atoms with Crippen molar-refractivity contribution in [2.24, 2.45) is 0 Å². The highest BCUT2D eigenvalue weighted by Gasteiger charge is 2.28. The average Bonchev–Trinajstić information content (AvgIpc) is 3.59. The van der Waals surface area contributed by atoms with Gasteiger partial charge >= 0.3 is 0 Å². The van der Waals surface area contributed by atoms with E-state index in [0.717, 1.165) is 96.6 Å². The van der Waals surface area contributed by atoms with Crippen LogP contribution in [0.15, 0.2) is 29.0 Å². The molecule has 2 aliphatic rings. The van der Waals surface area contributed by atoms with Gasteiger partial charge in [-0.1, -0.05) is 16.5 Å². The number of piperazine rings is 1. The van der Waals surface area contributed by atoms with Crippen molar-refractivity contribution in [3.63, 3.8) is 0 Å². The molecule has 168 valence electrons. The van der Waals surface area contributed by atoms with Gasteiger partial charge in [0.15, 0.2) is 5.13 Å². The van der Waals surface area contributed by atoms with Gasteiger partial charge in [0.2, 0.25) is 0 Å². The lowest BCUT2D eigenvalue weighted by Crippen LogP contribution is -2.46. The third-order valence-electron chi connectivity index (χ3n) is 6.77. The van der Waals surface area contributed by atoms with Crippen molar-refractivity contribution in [3.05, 3.63) is 46.9 Å². The number of aryl methyl sites for hydroxylation is 3. The van der Waals surface area contributed by atoms with Gasteiger partial charge in [0.1, 0.15) is 11.4 Å². The van der Waals surface area contributed by atoms with Crippen molar-refractivity contribution < 1.29 is 4.63 Å². The van der Waals surface area contributed by atoms with E-state index in [9.17, 15) is 0 Å². The lowest BCUT2D eigenvalue weighted by atomic mass is 10.0. The van der Waals surface area contributed by atoms with Crippen molar-refractivity contribution in [2.45, 2.75) is 32.1 Å². The molecule has 1 fully saturated rings. The van der Waals surface area contributed by atoms with Crippen LogP contribution >= 0.6 is 11.3 Å². The van der Waals surface area contributed by atoms with E-state index < -0.39 is 0 Å². The van der Waals surface area contributed by atoms with E-state index in [1.54, 1.807) is 11.3 Å². The Kier molecular flexibility index (Phi) is 5.32. The van der Waals surface area contributed by atoms with Crippen LogP contribution in [-0.2, 0) is 19.3 Å². The maximum atomic E-state index is 9.17. The molecule has 0 radical (unpaired) electrons. The molecule has 1 aliphatic heterocycles. The SMILES string of the molecule is N#Cc1ccc2[nH]cc(CCCCN3CCN(c4nc5c(s4)-c4nonc4CC5)CC3)c2c1. The summed E-state index contributed by atoms with van der Waals surface area (Å²) in [6.45, 7) is 5.28. The molecule has 0 unspecified atom stereocenters. The van der Waals surface area contributed by atoms with Gasteiger partial charge in [-0.25, -0.2) is 9.61 Å². The van der Waals surface area contributed by atoms with Crippen LogP contribution in [0.2, 0.25) is 0 Å². The topological polar surface area (TPSA) is 97.9 Å². The van der Waals surface area contributed by atoms with Gasteiger partial charge in [0.05, 0.1) is 22.2 Å². The minimum absolute atomic E-state index is 0.723. The number of anilines is 1. The van der Waals surface area contributed by atoms with E-state index in [4.69, 9.17) is 14.9 Å². The normalized spacial score (nSPS) is 16.0. The predicted molar refractivity (Wildman–Crippen MR) is 127 cm³/mol. The fraction of sp³-hybridized carbons (Fsp3) is 0.417. The Hall–Kier alpha value is -3.22. The van der Waals surface area contributed by atoms with E-state index in [1.807, 2.05) is 18.2 Å². The molecule has 9 heteroatoms. The fourth-order valence-corrected chi connectivity index (χ4v) is 6.04. The second-order valence-corrected chi connectivity index (χ2v) is 9.78. The molecule has 3 aromatic heterocycles. The van der Waals surface area contributed by atoms with E-state index >= 15 is 0 Å². The summed E-state index contributed by atoms with van der Waals surface area (Å²) in [7, 11) is 0. The molecule has 0 amide bonds. The van der Waals surface area contributed by atoms with E-state index in [1.165, 1.54) is 17.4 Å². The maximum absolute atomic E-state index is 9.17. The largest absolute Gasteiger partial charge is 0.361 e. The van der Waals surface area contributed by atoms with Crippen molar-refractivity contribution in [1.82, 2.24) is 25.2 Å². The zero-order valence-corrected chi connectivity index (χ0v) is 19.2. The number of H-pyrrole nitrogens is 1. The Balaban J connectivity index is 0.998. The molecular weight excluding hydrogens is 434 g/mol. The molecule has 6 rings (SSSR count). The van der Waals surface area contributed by atoms with Crippen LogP contribution in [0.5, 0.6) is 0 Å². The Morgan fingerprint density at radius 2 is 1.97 bits per heavy atom. The molecule has 0 atom stereocenters. The van der Waals surface area contributed by atoms with Gasteiger partial charge < -0.3 is 9.88 Å². The molecule has 0 spiro atoms. The van der Waals surface area contributed by atoms with Crippen LogP contribution in [0.25, 0.3) is 21.5 Å². The van der Waals surface area contributed by atoms with Crippen LogP contribution in [0.3, 0.4) is 0 Å². The first-order valence-electron chi connectivity index (χ1n) is 11.6. The molecule has 4 heterocycles. The second kappa shape index (κ2) is 8.61. The molecule has 0 bridgehead atoms. The first-order chi connectivity index (χ1) is 16.3. The third-order valence-corrected chi connectivity index (χ3v) is 7.93. The summed E-state index contributed by atoms with van der Waals surface area (Å²) < 4.78 is 4.94. The van der Waals surface area contributed by atoms with E-state index in [0.29, 0.717) is 0 Å². The minimum Gasteiger partial charge on any atom is -0.361 e. The molecular formula is C24H25N7OS. The van der Waals surface area contributed by atoms with E-state index in [2.05, 4.69) is 37.4 Å². The van der Waals surface area contributed by atoms with Crippen LogP contribution in [0.1, 0.15) is 35.4 Å². The van der Waals surface area contributed by atoms with Gasteiger partial charge in [0, 0.05) is 49.7 Å². The van der Waals surface area contributed by atoms with Gasteiger partial charge in [-0.05, 0) is 61.1 Å². The van der Waals surface area contributed by atoms with Crippen LogP contribution in [-0.4, -0.2) is 57.9 Å². The number of unbranched alkanes of at least 4 members (excludes halogenated alkanes) is 1. The number of thiazole rings is 1. The van der Waals surface area contributed by atoms with Crippen molar-refractivity contribution in [2.75, 3.05) is 37.6 Å². The maximum Gasteiger partial charge on any atom is 0.186 e. The fourth-order valence-electron chi connectivity index (χ4n) is 4.88. The molecule has 1 aliphatic carbocycles. The summed E-state index contributed by atoms with van der Waals surface area (Å²) in [6, 6.07) is 8.10. The van der Waals surface area contributed by atoms with Gasteiger partial charge in [0.25, 0.3) is 0 Å². The van der Waals surface area contributed by atoms with Gasteiger partial charge in [-0.2, -0.15) is 5.26 Å². The zero-order valence-electron chi connectivity index (χ0n) is 18.4. The lowest BCUT2D eigenvalue weighted by Gasteiger charge is -2.34. The second-order valence-electron chi connectivity index (χ2n) is 8.80. The van der Waals surface area contributed by atoms with Crippen molar-refractivity contribution >= 4 is 27.4 Å². The molecule has 0 saturated carbocycles. The average molecular weight is 460 g/mol. The summed E-state index contributed by atoms with van der Waals surface area (Å²) in [5, 5.41) is 19.6. The predicted octanol–water partition coefficient (Wildman–Crippen LogP) is 3.79. The quantitative estimate of drug-likeness (QED) is 0.438. The Labute approximate surface area is 195 Å². The molecule has 33 heavy (non-hydrogen) atoms. The summed E-state index contributed by atoms with van der Waals surface area (Å²) in [6.07, 6.45) is 7.24. The highest BCUT2D eigenvalue weighted by molar-refractivity contribution is 7.19. The number of benzene rings is 1. The first-order valence-corrected chi connectivity index (χ1v) is 12.4.